The first kappa shape index (κ1) is 20.9. The van der Waals surface area contributed by atoms with Gasteiger partial charge in [0, 0.05) is 19.6 Å². The summed E-state index contributed by atoms with van der Waals surface area (Å²) in [4.78, 5) is 33.4. The minimum atomic E-state index is -0.892. The fourth-order valence-electron chi connectivity index (χ4n) is 3.34. The summed E-state index contributed by atoms with van der Waals surface area (Å²) in [6.07, 6.45) is 1.70. The molecule has 2 heterocycles. The highest BCUT2D eigenvalue weighted by molar-refractivity contribution is 5.70. The Balaban J connectivity index is 1.96. The van der Waals surface area contributed by atoms with E-state index in [2.05, 4.69) is 9.97 Å². The van der Waals surface area contributed by atoms with Gasteiger partial charge in [-0.1, -0.05) is 19.4 Å². The normalized spacial score (nSPS) is 12.8. The molecule has 0 aliphatic carbocycles. The van der Waals surface area contributed by atoms with Crippen molar-refractivity contribution in [1.29, 1.82) is 0 Å². The molecular formula is C20H25F2N5O2. The molecule has 3 rings (SSSR count). The number of nitrogens with one attached hydrogen (secondary N) is 1. The van der Waals surface area contributed by atoms with E-state index >= 15 is 0 Å². The van der Waals surface area contributed by atoms with Crippen LogP contribution in [-0.4, -0.2) is 31.0 Å². The average molecular weight is 405 g/mol. The van der Waals surface area contributed by atoms with E-state index in [4.69, 9.17) is 0 Å². The van der Waals surface area contributed by atoms with Gasteiger partial charge in [0.25, 0.3) is 5.56 Å². The maximum atomic E-state index is 13.6. The van der Waals surface area contributed by atoms with Crippen LogP contribution in [0.1, 0.15) is 44.1 Å². The number of hydrogen-bond donors (Lipinski definition) is 1. The van der Waals surface area contributed by atoms with Gasteiger partial charge >= 0.3 is 5.69 Å². The van der Waals surface area contributed by atoms with E-state index < -0.39 is 22.9 Å². The summed E-state index contributed by atoms with van der Waals surface area (Å²) >= 11 is 0. The van der Waals surface area contributed by atoms with E-state index in [1.54, 1.807) is 17.7 Å². The summed E-state index contributed by atoms with van der Waals surface area (Å²) in [5, 5.41) is 0. The summed E-state index contributed by atoms with van der Waals surface area (Å²) < 4.78 is 30.0. The van der Waals surface area contributed by atoms with Crippen LogP contribution in [0.25, 0.3) is 11.2 Å². The zero-order valence-electron chi connectivity index (χ0n) is 17.0. The van der Waals surface area contributed by atoms with Gasteiger partial charge < -0.3 is 4.57 Å². The van der Waals surface area contributed by atoms with Crippen LogP contribution in [-0.2, 0) is 20.1 Å². The fourth-order valence-corrected chi connectivity index (χ4v) is 3.34. The van der Waals surface area contributed by atoms with Crippen LogP contribution < -0.4 is 11.2 Å². The number of unbranched alkanes of at least 4 members (excludes halogenated alkanes) is 1. The third-order valence-corrected chi connectivity index (χ3v) is 5.32. The lowest BCUT2D eigenvalue weighted by atomic mass is 10.1. The molecule has 9 heteroatoms. The largest absolute Gasteiger partial charge is 0.330 e. The van der Waals surface area contributed by atoms with Gasteiger partial charge in [-0.25, -0.2) is 18.6 Å². The molecule has 0 aliphatic rings. The van der Waals surface area contributed by atoms with Crippen molar-refractivity contribution in [1.82, 2.24) is 24.0 Å². The fraction of sp³-hybridized carbons (Fsp3) is 0.450. The van der Waals surface area contributed by atoms with Gasteiger partial charge in [0.2, 0.25) is 0 Å². The van der Waals surface area contributed by atoms with Gasteiger partial charge in [0.1, 0.15) is 5.82 Å². The number of aromatic amines is 1. The van der Waals surface area contributed by atoms with Crippen LogP contribution in [0.2, 0.25) is 0 Å². The number of rotatable bonds is 7. The molecule has 1 N–H and O–H groups in total. The molecule has 1 unspecified atom stereocenters. The second kappa shape index (κ2) is 8.28. The van der Waals surface area contributed by atoms with Gasteiger partial charge in [0.15, 0.2) is 22.8 Å². The molecule has 0 saturated heterocycles. The van der Waals surface area contributed by atoms with Gasteiger partial charge in [-0.3, -0.25) is 19.2 Å². The number of aryl methyl sites for hydroxylation is 2. The average Bonchev–Trinajstić information content (AvgIpc) is 2.99. The number of H-pyrrole nitrogens is 1. The molecule has 29 heavy (non-hydrogen) atoms. The highest BCUT2D eigenvalue weighted by atomic mass is 19.2. The number of halogens is 2. The Morgan fingerprint density at radius 2 is 1.97 bits per heavy atom. The van der Waals surface area contributed by atoms with Gasteiger partial charge in [-0.2, -0.15) is 0 Å². The third kappa shape index (κ3) is 4.00. The number of aromatic nitrogens is 4. The lowest BCUT2D eigenvalue weighted by molar-refractivity contribution is 0.244. The lowest BCUT2D eigenvalue weighted by Crippen LogP contribution is -2.31. The van der Waals surface area contributed by atoms with Gasteiger partial charge in [-0.15, -0.1) is 0 Å². The summed E-state index contributed by atoms with van der Waals surface area (Å²) in [5.41, 5.74) is 0.380. The van der Waals surface area contributed by atoms with Crippen LogP contribution in [0, 0.1) is 11.6 Å². The molecule has 3 aromatic rings. The zero-order chi connectivity index (χ0) is 21.3. The van der Waals surface area contributed by atoms with Crippen molar-refractivity contribution < 1.29 is 8.78 Å². The second-order valence-electron chi connectivity index (χ2n) is 7.29. The Morgan fingerprint density at radius 3 is 2.62 bits per heavy atom. The Morgan fingerprint density at radius 1 is 1.24 bits per heavy atom. The number of hydrogen-bond acceptors (Lipinski definition) is 4. The van der Waals surface area contributed by atoms with Crippen molar-refractivity contribution >= 4 is 11.2 Å². The van der Waals surface area contributed by atoms with Crippen molar-refractivity contribution in [3.8, 4) is 0 Å². The smallest absolute Gasteiger partial charge is 0.324 e. The minimum Gasteiger partial charge on any atom is -0.324 e. The highest BCUT2D eigenvalue weighted by Crippen LogP contribution is 2.23. The number of fused-ring (bicyclic) bond motifs is 1. The molecule has 0 fully saturated rings. The monoisotopic (exact) mass is 405 g/mol. The molecule has 2 aromatic heterocycles. The lowest BCUT2D eigenvalue weighted by Gasteiger charge is -2.24. The SMILES string of the molecule is CCCCn1c(=O)[nH]c(=O)c2c1nc(CN(C)C(C)c1ccc(F)c(F)c1)n2C. The Kier molecular flexibility index (Phi) is 5.97. The molecule has 0 amide bonds. The molecule has 0 spiro atoms. The number of nitrogens with zero attached hydrogens (tertiary/aromatic N) is 4. The van der Waals surface area contributed by atoms with E-state index in [1.165, 1.54) is 10.6 Å². The topological polar surface area (TPSA) is 75.9 Å². The molecule has 7 nitrogen and oxygen atoms in total. The van der Waals surface area contributed by atoms with E-state index in [1.807, 2.05) is 25.8 Å². The Bertz CT molecular complexity index is 1150. The molecule has 0 saturated carbocycles. The summed E-state index contributed by atoms with van der Waals surface area (Å²) in [6, 6.07) is 3.61. The standard InChI is InChI=1S/C20H25F2N5O2/c1-5-6-9-27-18-17(19(28)24-20(27)29)26(4)16(23-18)11-25(3)12(2)13-7-8-14(21)15(22)10-13/h7-8,10,12H,5-6,9,11H2,1-4H3,(H,24,28,29). The van der Waals surface area contributed by atoms with E-state index in [-0.39, 0.29) is 6.04 Å². The van der Waals surface area contributed by atoms with E-state index in [0.717, 1.165) is 18.9 Å². The maximum Gasteiger partial charge on any atom is 0.330 e. The third-order valence-electron chi connectivity index (χ3n) is 5.32. The second-order valence-corrected chi connectivity index (χ2v) is 7.29. The van der Waals surface area contributed by atoms with Crippen molar-refractivity contribution in [2.45, 2.75) is 45.8 Å². The van der Waals surface area contributed by atoms with Crippen LogP contribution >= 0.6 is 0 Å². The molecule has 0 bridgehead atoms. The molecule has 1 atom stereocenters. The Labute approximate surface area is 166 Å². The molecule has 0 radical (unpaired) electrons. The Hall–Kier alpha value is -2.81. The number of benzene rings is 1. The van der Waals surface area contributed by atoms with Crippen molar-refractivity contribution in [2.75, 3.05) is 7.05 Å². The van der Waals surface area contributed by atoms with Gasteiger partial charge in [-0.05, 0) is 38.1 Å². The van der Waals surface area contributed by atoms with Crippen molar-refractivity contribution in [3.63, 3.8) is 0 Å². The number of imidazole rings is 1. The molecule has 0 aliphatic heterocycles. The van der Waals surface area contributed by atoms with Crippen molar-refractivity contribution in [2.24, 2.45) is 7.05 Å². The van der Waals surface area contributed by atoms with E-state index in [9.17, 15) is 18.4 Å². The summed E-state index contributed by atoms with van der Waals surface area (Å²) in [7, 11) is 3.56. The van der Waals surface area contributed by atoms with Gasteiger partial charge in [0.05, 0.1) is 6.54 Å². The minimum absolute atomic E-state index is 0.217. The highest BCUT2D eigenvalue weighted by Gasteiger charge is 2.20. The summed E-state index contributed by atoms with van der Waals surface area (Å²) in [6.45, 7) is 4.72. The van der Waals surface area contributed by atoms with Crippen LogP contribution in [0.5, 0.6) is 0 Å². The molecule has 1 aromatic carbocycles. The molecular weight excluding hydrogens is 380 g/mol. The van der Waals surface area contributed by atoms with E-state index in [0.29, 0.717) is 35.6 Å². The van der Waals surface area contributed by atoms with Crippen LogP contribution in [0.15, 0.2) is 27.8 Å². The first-order valence-corrected chi connectivity index (χ1v) is 9.58. The first-order chi connectivity index (χ1) is 13.7. The van der Waals surface area contributed by atoms with Crippen LogP contribution in [0.4, 0.5) is 8.78 Å². The first-order valence-electron chi connectivity index (χ1n) is 9.58. The molecule has 156 valence electrons. The zero-order valence-corrected chi connectivity index (χ0v) is 17.0. The summed E-state index contributed by atoms with van der Waals surface area (Å²) in [5.74, 6) is -1.18. The predicted molar refractivity (Wildman–Crippen MR) is 107 cm³/mol. The van der Waals surface area contributed by atoms with Crippen LogP contribution in [0.3, 0.4) is 0 Å². The van der Waals surface area contributed by atoms with Crippen molar-refractivity contribution in [3.05, 3.63) is 62.1 Å². The quantitative estimate of drug-likeness (QED) is 0.656. The maximum absolute atomic E-state index is 13.6. The predicted octanol–water partition coefficient (Wildman–Crippen LogP) is 2.69.